The summed E-state index contributed by atoms with van der Waals surface area (Å²) in [4.78, 5) is 12.6. The van der Waals surface area contributed by atoms with Crippen LogP contribution < -0.4 is 5.32 Å². The fraction of sp³-hybridized carbons (Fsp3) is 0.182. The second-order valence-electron chi connectivity index (χ2n) is 6.79. The Kier molecular flexibility index (Phi) is 6.43. The molecule has 2 aromatic rings. The Morgan fingerprint density at radius 3 is 2.39 bits per heavy atom. The first kappa shape index (κ1) is 22.5. The number of allylic oxidation sites excluding steroid dienone is 2. The predicted molar refractivity (Wildman–Crippen MR) is 108 cm³/mol. The van der Waals surface area contributed by atoms with E-state index >= 15 is 0 Å². The van der Waals surface area contributed by atoms with Crippen LogP contribution in [0.2, 0.25) is 0 Å². The Morgan fingerprint density at radius 1 is 1.19 bits per heavy atom. The summed E-state index contributed by atoms with van der Waals surface area (Å²) >= 11 is -1.65. The van der Waals surface area contributed by atoms with Crippen molar-refractivity contribution in [3.63, 3.8) is 0 Å². The number of alkyl halides is 3. The molecule has 9 heteroatoms. The minimum absolute atomic E-state index is 0.00756. The van der Waals surface area contributed by atoms with Gasteiger partial charge in [-0.25, -0.2) is 4.79 Å². The first-order valence-corrected chi connectivity index (χ1v) is 10.4. The number of hydrogen-bond donors (Lipinski definition) is 2. The summed E-state index contributed by atoms with van der Waals surface area (Å²) in [5.41, 5.74) is -1.70. The number of nitrogens with zero attached hydrogens (tertiary/aromatic N) is 1. The van der Waals surface area contributed by atoms with Crippen LogP contribution in [0.1, 0.15) is 24.0 Å². The van der Waals surface area contributed by atoms with Gasteiger partial charge in [-0.3, -0.25) is 0 Å². The summed E-state index contributed by atoms with van der Waals surface area (Å²) in [7, 11) is 0. The van der Waals surface area contributed by atoms with Crippen LogP contribution in [0.15, 0.2) is 82.0 Å². The molecule has 1 aliphatic heterocycles. The highest BCUT2D eigenvalue weighted by Gasteiger charge is 2.41. The zero-order valence-corrected chi connectivity index (χ0v) is 17.1. The predicted octanol–water partition coefficient (Wildman–Crippen LogP) is 4.34. The topological polar surface area (TPSA) is 96.2 Å². The largest absolute Gasteiger partial charge is 0.611 e. The fourth-order valence-electron chi connectivity index (χ4n) is 3.52. The monoisotopic (exact) mass is 446 g/mol. The van der Waals surface area contributed by atoms with Crippen molar-refractivity contribution in [2.75, 3.05) is 5.75 Å². The van der Waals surface area contributed by atoms with Crippen LogP contribution >= 0.6 is 0 Å². The third kappa shape index (κ3) is 4.60. The molecule has 31 heavy (non-hydrogen) atoms. The van der Waals surface area contributed by atoms with E-state index in [0.29, 0.717) is 4.90 Å². The van der Waals surface area contributed by atoms with Crippen molar-refractivity contribution in [1.29, 1.82) is 5.26 Å². The van der Waals surface area contributed by atoms with Crippen molar-refractivity contribution in [2.24, 2.45) is 0 Å². The van der Waals surface area contributed by atoms with E-state index in [9.17, 15) is 32.9 Å². The first-order chi connectivity index (χ1) is 14.6. The van der Waals surface area contributed by atoms with E-state index in [4.69, 9.17) is 0 Å². The number of carboxylic acids is 1. The third-order valence-electron chi connectivity index (χ3n) is 4.85. The van der Waals surface area contributed by atoms with Crippen molar-refractivity contribution in [3.8, 4) is 6.07 Å². The average Bonchev–Trinajstić information content (AvgIpc) is 2.73. The number of carboxylic acid groups (broad SMARTS) is 1. The molecular formula is C22H17F3N2O3S. The van der Waals surface area contributed by atoms with Gasteiger partial charge in [-0.15, -0.1) is 0 Å². The van der Waals surface area contributed by atoms with Crippen molar-refractivity contribution < 1.29 is 27.6 Å². The lowest BCUT2D eigenvalue weighted by Gasteiger charge is -2.30. The van der Waals surface area contributed by atoms with E-state index in [1.165, 1.54) is 19.1 Å². The molecule has 0 aromatic heterocycles. The lowest BCUT2D eigenvalue weighted by Crippen LogP contribution is -2.33. The lowest BCUT2D eigenvalue weighted by molar-refractivity contribution is -0.139. The second kappa shape index (κ2) is 8.88. The molecule has 0 bridgehead atoms. The van der Waals surface area contributed by atoms with Gasteiger partial charge in [0.25, 0.3) is 0 Å². The van der Waals surface area contributed by atoms with E-state index in [2.05, 4.69) is 5.32 Å². The summed E-state index contributed by atoms with van der Waals surface area (Å²) in [5.74, 6) is -3.20. The van der Waals surface area contributed by atoms with Crippen LogP contribution in [0.25, 0.3) is 0 Å². The van der Waals surface area contributed by atoms with E-state index in [1.54, 1.807) is 30.3 Å². The van der Waals surface area contributed by atoms with Crippen molar-refractivity contribution >= 4 is 17.1 Å². The van der Waals surface area contributed by atoms with Gasteiger partial charge in [0, 0.05) is 5.70 Å². The molecule has 0 amide bonds. The normalized spacial score (nSPS) is 17.7. The number of nitriles is 1. The van der Waals surface area contributed by atoms with E-state index in [1.807, 2.05) is 6.07 Å². The molecule has 0 saturated carbocycles. The van der Waals surface area contributed by atoms with Crippen molar-refractivity contribution in [3.05, 3.63) is 88.3 Å². The lowest BCUT2D eigenvalue weighted by atomic mass is 9.79. The SMILES string of the molecule is CC1=C(C#N)C(c2ccccc2C(F)(F)F)C(C(=O)O)=C(C[S+]([O-])c2ccccc2)N1. The molecule has 2 atom stereocenters. The Labute approximate surface area is 179 Å². The van der Waals surface area contributed by atoms with Gasteiger partial charge in [0.15, 0.2) is 10.6 Å². The highest BCUT2D eigenvalue weighted by molar-refractivity contribution is 7.91. The summed E-state index contributed by atoms with van der Waals surface area (Å²) < 4.78 is 53.8. The smallest absolute Gasteiger partial charge is 0.416 e. The second-order valence-corrected chi connectivity index (χ2v) is 8.24. The van der Waals surface area contributed by atoms with E-state index in [0.717, 1.165) is 12.1 Å². The van der Waals surface area contributed by atoms with Crippen LogP contribution in [-0.2, 0) is 22.1 Å². The molecular weight excluding hydrogens is 429 g/mol. The number of aliphatic carboxylic acids is 1. The molecule has 1 aliphatic rings. The highest BCUT2D eigenvalue weighted by Crippen LogP contribution is 2.43. The van der Waals surface area contributed by atoms with Crippen LogP contribution in [0, 0.1) is 11.3 Å². The van der Waals surface area contributed by atoms with Crippen molar-refractivity contribution in [1.82, 2.24) is 5.32 Å². The third-order valence-corrected chi connectivity index (χ3v) is 6.20. The number of benzene rings is 2. The first-order valence-electron chi connectivity index (χ1n) is 9.09. The summed E-state index contributed by atoms with van der Waals surface area (Å²) in [6.07, 6.45) is -4.74. The molecule has 160 valence electrons. The number of rotatable bonds is 5. The number of dihydropyridines is 1. The molecule has 2 unspecified atom stereocenters. The molecule has 0 aliphatic carbocycles. The number of hydrogen-bond acceptors (Lipinski definition) is 4. The summed E-state index contributed by atoms with van der Waals surface area (Å²) in [6, 6.07) is 14.7. The van der Waals surface area contributed by atoms with Crippen LogP contribution in [0.3, 0.4) is 0 Å². The molecule has 0 radical (unpaired) electrons. The Balaban J connectivity index is 2.18. The van der Waals surface area contributed by atoms with Gasteiger partial charge < -0.3 is 15.0 Å². The Morgan fingerprint density at radius 2 is 1.81 bits per heavy atom. The van der Waals surface area contributed by atoms with Gasteiger partial charge >= 0.3 is 12.1 Å². The Bertz CT molecular complexity index is 1100. The van der Waals surface area contributed by atoms with Crippen LogP contribution in [0.5, 0.6) is 0 Å². The van der Waals surface area contributed by atoms with E-state index < -0.39 is 40.4 Å². The molecule has 0 fully saturated rings. The van der Waals surface area contributed by atoms with Gasteiger partial charge in [-0.2, -0.15) is 18.4 Å². The maximum atomic E-state index is 13.7. The standard InChI is InChI=1S/C22H17F3N2O3S/c1-13-16(11-26)19(15-9-5-6-10-17(15)22(23,24)25)20(21(28)29)18(27-13)12-31(30)14-7-3-2-4-8-14/h2-10,19,27H,12H2,1H3,(H,28,29). The maximum Gasteiger partial charge on any atom is 0.416 e. The fourth-order valence-corrected chi connectivity index (χ4v) is 4.63. The number of carbonyl (C=O) groups is 1. The molecule has 0 spiro atoms. The maximum absolute atomic E-state index is 13.7. The molecule has 5 nitrogen and oxygen atoms in total. The average molecular weight is 446 g/mol. The highest BCUT2D eigenvalue weighted by atomic mass is 32.2. The zero-order chi connectivity index (χ0) is 22.8. The zero-order valence-electron chi connectivity index (χ0n) is 16.2. The van der Waals surface area contributed by atoms with Crippen LogP contribution in [0.4, 0.5) is 13.2 Å². The molecule has 2 aromatic carbocycles. The minimum Gasteiger partial charge on any atom is -0.611 e. The van der Waals surface area contributed by atoms with Gasteiger partial charge in [-0.1, -0.05) is 36.4 Å². The van der Waals surface area contributed by atoms with Gasteiger partial charge in [-0.05, 0) is 41.9 Å². The molecule has 2 N–H and O–H groups in total. The molecule has 1 heterocycles. The molecule has 0 saturated heterocycles. The summed E-state index contributed by atoms with van der Waals surface area (Å²) in [6.45, 7) is 1.48. The number of nitrogens with one attached hydrogen (secondary N) is 1. The minimum atomic E-state index is -4.74. The van der Waals surface area contributed by atoms with Crippen LogP contribution in [-0.4, -0.2) is 21.4 Å². The Hall–Kier alpha value is -3.22. The van der Waals surface area contributed by atoms with Gasteiger partial charge in [0.05, 0.1) is 34.4 Å². The molecule has 3 rings (SSSR count). The quantitative estimate of drug-likeness (QED) is 0.667. The summed E-state index contributed by atoms with van der Waals surface area (Å²) in [5, 5.41) is 22.3. The van der Waals surface area contributed by atoms with Gasteiger partial charge in [0.2, 0.25) is 0 Å². The number of halogens is 3. The van der Waals surface area contributed by atoms with Gasteiger partial charge in [0.1, 0.15) is 0 Å². The van der Waals surface area contributed by atoms with E-state index in [-0.39, 0.29) is 28.3 Å². The van der Waals surface area contributed by atoms with Crippen molar-refractivity contribution in [2.45, 2.75) is 23.9 Å².